The van der Waals surface area contributed by atoms with Gasteiger partial charge in [-0.05, 0) is 41.5 Å². The second kappa shape index (κ2) is 4.61. The van der Waals surface area contributed by atoms with Crippen molar-refractivity contribution >= 4 is 17.2 Å². The Morgan fingerprint density at radius 1 is 1.00 bits per heavy atom. The monoisotopic (exact) mass is 251 g/mol. The summed E-state index contributed by atoms with van der Waals surface area (Å²) in [6.45, 7) is 0. The third-order valence-corrected chi connectivity index (χ3v) is 3.06. The second-order valence-corrected chi connectivity index (χ2v) is 4.27. The summed E-state index contributed by atoms with van der Waals surface area (Å²) >= 11 is 0. The van der Waals surface area contributed by atoms with E-state index in [4.69, 9.17) is 0 Å². The van der Waals surface area contributed by atoms with Gasteiger partial charge in [0.2, 0.25) is 0 Å². The van der Waals surface area contributed by atoms with Gasteiger partial charge in [0.15, 0.2) is 6.29 Å². The molecule has 0 radical (unpaired) electrons. The van der Waals surface area contributed by atoms with Crippen LogP contribution in [0.4, 0.5) is 4.39 Å². The lowest BCUT2D eigenvalue weighted by atomic mass is 10.0. The average Bonchev–Trinajstić information content (AvgIpc) is 2.46. The van der Waals surface area contributed by atoms with Gasteiger partial charge < -0.3 is 0 Å². The molecule has 0 bridgehead atoms. The van der Waals surface area contributed by atoms with Gasteiger partial charge in [-0.3, -0.25) is 9.78 Å². The number of rotatable bonds is 2. The highest BCUT2D eigenvalue weighted by Gasteiger charge is 2.05. The van der Waals surface area contributed by atoms with E-state index in [1.165, 1.54) is 12.1 Å². The number of carbonyl (C=O) groups excluding carboxylic acids is 1. The summed E-state index contributed by atoms with van der Waals surface area (Å²) in [5, 5.41) is 1.000. The first-order valence-electron chi connectivity index (χ1n) is 5.88. The Hall–Kier alpha value is -2.55. The summed E-state index contributed by atoms with van der Waals surface area (Å²) in [7, 11) is 0. The highest BCUT2D eigenvalue weighted by molar-refractivity contribution is 5.85. The molecular weight excluding hydrogens is 241 g/mol. The molecule has 1 heterocycles. The van der Waals surface area contributed by atoms with E-state index in [9.17, 15) is 9.18 Å². The van der Waals surface area contributed by atoms with E-state index < -0.39 is 5.82 Å². The number of pyridine rings is 1. The van der Waals surface area contributed by atoms with Crippen molar-refractivity contribution in [3.63, 3.8) is 0 Å². The van der Waals surface area contributed by atoms with Crippen LogP contribution in [0.25, 0.3) is 22.0 Å². The molecule has 0 atom stereocenters. The standard InChI is InChI=1S/C16H10FNO/c17-15-9-12(3-4-14(15)10-19)11-5-6-16-13(8-11)2-1-7-18-16/h1-10H. The summed E-state index contributed by atoms with van der Waals surface area (Å²) in [4.78, 5) is 14.8. The first kappa shape index (κ1) is 11.5. The van der Waals surface area contributed by atoms with Gasteiger partial charge in [0.1, 0.15) is 5.82 Å². The third kappa shape index (κ3) is 2.10. The molecule has 2 nitrogen and oxygen atoms in total. The van der Waals surface area contributed by atoms with E-state index in [0.29, 0.717) is 6.29 Å². The predicted molar refractivity (Wildman–Crippen MR) is 72.5 cm³/mol. The largest absolute Gasteiger partial charge is 0.298 e. The fourth-order valence-electron chi connectivity index (χ4n) is 2.06. The van der Waals surface area contributed by atoms with Crippen molar-refractivity contribution in [1.29, 1.82) is 0 Å². The molecular formula is C16H10FNO. The molecule has 0 amide bonds. The van der Waals surface area contributed by atoms with Crippen LogP contribution in [0.2, 0.25) is 0 Å². The Labute approximate surface area is 109 Å². The Balaban J connectivity index is 2.13. The maximum Gasteiger partial charge on any atom is 0.152 e. The van der Waals surface area contributed by atoms with E-state index >= 15 is 0 Å². The van der Waals surface area contributed by atoms with Gasteiger partial charge in [-0.15, -0.1) is 0 Å². The molecule has 3 aromatic rings. The van der Waals surface area contributed by atoms with E-state index in [0.717, 1.165) is 22.0 Å². The van der Waals surface area contributed by atoms with Gasteiger partial charge in [0, 0.05) is 11.6 Å². The molecule has 0 saturated heterocycles. The number of hydrogen-bond acceptors (Lipinski definition) is 2. The van der Waals surface area contributed by atoms with E-state index in [-0.39, 0.29) is 5.56 Å². The van der Waals surface area contributed by atoms with Crippen molar-refractivity contribution in [1.82, 2.24) is 4.98 Å². The summed E-state index contributed by atoms with van der Waals surface area (Å²) in [5.74, 6) is -0.501. The minimum atomic E-state index is -0.501. The second-order valence-electron chi connectivity index (χ2n) is 4.27. The predicted octanol–water partition coefficient (Wildman–Crippen LogP) is 3.85. The fourth-order valence-corrected chi connectivity index (χ4v) is 2.06. The number of benzene rings is 2. The SMILES string of the molecule is O=Cc1ccc(-c2ccc3ncccc3c2)cc1F. The van der Waals surface area contributed by atoms with Gasteiger partial charge in [0.05, 0.1) is 11.1 Å². The zero-order valence-electron chi connectivity index (χ0n) is 10.0. The van der Waals surface area contributed by atoms with Crippen LogP contribution in [0.15, 0.2) is 54.7 Å². The van der Waals surface area contributed by atoms with Gasteiger partial charge in [-0.2, -0.15) is 0 Å². The zero-order valence-corrected chi connectivity index (χ0v) is 10.0. The molecule has 0 N–H and O–H groups in total. The van der Waals surface area contributed by atoms with Gasteiger partial charge in [-0.25, -0.2) is 4.39 Å². The Morgan fingerprint density at radius 3 is 2.58 bits per heavy atom. The zero-order chi connectivity index (χ0) is 13.2. The molecule has 92 valence electrons. The number of halogens is 1. The Bertz CT molecular complexity index is 768. The maximum atomic E-state index is 13.6. The summed E-state index contributed by atoms with van der Waals surface area (Å²) in [5.41, 5.74) is 2.62. The summed E-state index contributed by atoms with van der Waals surface area (Å²) < 4.78 is 13.6. The first-order valence-corrected chi connectivity index (χ1v) is 5.88. The molecule has 19 heavy (non-hydrogen) atoms. The van der Waals surface area contributed by atoms with Crippen molar-refractivity contribution in [2.45, 2.75) is 0 Å². The number of nitrogens with zero attached hydrogens (tertiary/aromatic N) is 1. The van der Waals surface area contributed by atoms with Gasteiger partial charge in [0.25, 0.3) is 0 Å². The van der Waals surface area contributed by atoms with Gasteiger partial charge >= 0.3 is 0 Å². The summed E-state index contributed by atoms with van der Waals surface area (Å²) in [6.07, 6.45) is 2.25. The van der Waals surface area contributed by atoms with Crippen LogP contribution in [-0.2, 0) is 0 Å². The average molecular weight is 251 g/mol. The maximum absolute atomic E-state index is 13.6. The van der Waals surface area contributed by atoms with Crippen molar-refractivity contribution < 1.29 is 9.18 Å². The normalized spacial score (nSPS) is 10.6. The van der Waals surface area contributed by atoms with E-state index in [1.807, 2.05) is 30.3 Å². The lowest BCUT2D eigenvalue weighted by Crippen LogP contribution is -1.88. The molecule has 3 heteroatoms. The van der Waals surface area contributed by atoms with Crippen molar-refractivity contribution in [2.24, 2.45) is 0 Å². The third-order valence-electron chi connectivity index (χ3n) is 3.06. The Kier molecular flexibility index (Phi) is 2.80. The summed E-state index contributed by atoms with van der Waals surface area (Å²) in [6, 6.07) is 14.2. The fraction of sp³-hybridized carbons (Fsp3) is 0. The molecule has 1 aromatic heterocycles. The topological polar surface area (TPSA) is 30.0 Å². The van der Waals surface area contributed by atoms with Crippen LogP contribution in [0, 0.1) is 5.82 Å². The quantitative estimate of drug-likeness (QED) is 0.647. The number of aldehydes is 1. The van der Waals surface area contributed by atoms with Crippen LogP contribution in [-0.4, -0.2) is 11.3 Å². The van der Waals surface area contributed by atoms with E-state index in [1.54, 1.807) is 12.3 Å². The van der Waals surface area contributed by atoms with Crippen LogP contribution in [0.5, 0.6) is 0 Å². The molecule has 0 fully saturated rings. The van der Waals surface area contributed by atoms with Crippen LogP contribution in [0.3, 0.4) is 0 Å². The number of fused-ring (bicyclic) bond motifs is 1. The van der Waals surface area contributed by atoms with Crippen LogP contribution < -0.4 is 0 Å². The van der Waals surface area contributed by atoms with Crippen LogP contribution in [0.1, 0.15) is 10.4 Å². The minimum Gasteiger partial charge on any atom is -0.298 e. The molecule has 0 saturated carbocycles. The van der Waals surface area contributed by atoms with Crippen molar-refractivity contribution in [3.05, 3.63) is 66.1 Å². The number of carbonyl (C=O) groups is 1. The molecule has 3 rings (SSSR count). The highest BCUT2D eigenvalue weighted by atomic mass is 19.1. The first-order chi connectivity index (χ1) is 9.28. The van der Waals surface area contributed by atoms with Gasteiger partial charge in [-0.1, -0.05) is 18.2 Å². The van der Waals surface area contributed by atoms with E-state index in [2.05, 4.69) is 4.98 Å². The Morgan fingerprint density at radius 2 is 1.79 bits per heavy atom. The van der Waals surface area contributed by atoms with Crippen LogP contribution >= 0.6 is 0 Å². The minimum absolute atomic E-state index is 0.0752. The lowest BCUT2D eigenvalue weighted by molar-refractivity contribution is 0.112. The van der Waals surface area contributed by atoms with Crippen molar-refractivity contribution in [2.75, 3.05) is 0 Å². The molecule has 0 unspecified atom stereocenters. The highest BCUT2D eigenvalue weighted by Crippen LogP contribution is 2.24. The van der Waals surface area contributed by atoms with Crippen molar-refractivity contribution in [3.8, 4) is 11.1 Å². The lowest BCUT2D eigenvalue weighted by Gasteiger charge is -2.05. The number of aromatic nitrogens is 1. The molecule has 0 spiro atoms. The molecule has 0 aliphatic heterocycles. The smallest absolute Gasteiger partial charge is 0.152 e. The molecule has 0 aliphatic rings. The molecule has 2 aromatic carbocycles. The molecule has 0 aliphatic carbocycles. The number of hydrogen-bond donors (Lipinski definition) is 0.